The van der Waals surface area contributed by atoms with Gasteiger partial charge in [0.25, 0.3) is 0 Å². The van der Waals surface area contributed by atoms with E-state index in [1.165, 1.54) is 22.4 Å². The lowest BCUT2D eigenvalue weighted by molar-refractivity contribution is 0.0587. The Balaban J connectivity index is 1.37. The van der Waals surface area contributed by atoms with E-state index < -0.39 is 24.3 Å². The zero-order valence-corrected chi connectivity index (χ0v) is 19.9. The van der Waals surface area contributed by atoms with Gasteiger partial charge in [0.2, 0.25) is 5.95 Å². The van der Waals surface area contributed by atoms with Crippen molar-refractivity contribution in [3.05, 3.63) is 23.8 Å². The molecule has 2 fully saturated rings. The summed E-state index contributed by atoms with van der Waals surface area (Å²) in [6.07, 6.45) is 2.18. The van der Waals surface area contributed by atoms with E-state index in [-0.39, 0.29) is 25.0 Å². The summed E-state index contributed by atoms with van der Waals surface area (Å²) in [6, 6.07) is 0.444. The first-order chi connectivity index (χ1) is 16.4. The molecule has 2 aromatic rings. The van der Waals surface area contributed by atoms with Gasteiger partial charge < -0.3 is 19.9 Å². The molecule has 2 aliphatic rings. The van der Waals surface area contributed by atoms with Crippen LogP contribution >= 0.6 is 11.3 Å². The molecule has 4 atom stereocenters. The van der Waals surface area contributed by atoms with Gasteiger partial charge >= 0.3 is 12.1 Å². The molecule has 0 aromatic carbocycles. The molecule has 0 aliphatic carbocycles. The van der Waals surface area contributed by atoms with Gasteiger partial charge in [-0.1, -0.05) is 6.92 Å². The Morgan fingerprint density at radius 1 is 1.29 bits per heavy atom. The van der Waals surface area contributed by atoms with Gasteiger partial charge in [0.15, 0.2) is 5.13 Å². The predicted octanol–water partition coefficient (Wildman–Crippen LogP) is 2.56. The number of rotatable bonds is 5. The normalized spacial score (nSPS) is 24.9. The van der Waals surface area contributed by atoms with Crippen LogP contribution in [-0.2, 0) is 4.74 Å². The van der Waals surface area contributed by atoms with Gasteiger partial charge in [-0.2, -0.15) is 4.98 Å². The Hall–Kier alpha value is -3.06. The number of anilines is 3. The van der Waals surface area contributed by atoms with Gasteiger partial charge in [0, 0.05) is 50.4 Å². The number of carbonyl (C=O) groups is 2. The van der Waals surface area contributed by atoms with E-state index in [1.54, 1.807) is 29.6 Å². The molecule has 184 valence electrons. The van der Waals surface area contributed by atoms with Crippen molar-refractivity contribution in [1.29, 1.82) is 0 Å². The molecule has 2 saturated heterocycles. The number of ether oxygens (including phenoxy) is 1. The molecular weight excluding hydrogens is 463 g/mol. The minimum Gasteiger partial charge on any atom is -0.446 e. The first-order valence-corrected chi connectivity index (χ1v) is 12.1. The number of thiazole rings is 1. The molecule has 34 heavy (non-hydrogen) atoms. The fourth-order valence-corrected chi connectivity index (χ4v) is 4.59. The number of nitrogens with zero attached hydrogens (tertiary/aromatic N) is 5. The van der Waals surface area contributed by atoms with Gasteiger partial charge in [0.05, 0.1) is 6.04 Å². The van der Waals surface area contributed by atoms with Crippen LogP contribution in [0.15, 0.2) is 23.8 Å². The smallest absolute Gasteiger partial charge is 0.413 e. The highest BCUT2D eigenvalue weighted by atomic mass is 32.1. The van der Waals surface area contributed by atoms with E-state index in [9.17, 15) is 14.0 Å². The van der Waals surface area contributed by atoms with E-state index >= 15 is 0 Å². The second-order valence-corrected chi connectivity index (χ2v) is 9.37. The van der Waals surface area contributed by atoms with Crippen LogP contribution in [0.25, 0.3) is 0 Å². The van der Waals surface area contributed by atoms with Gasteiger partial charge in [0.1, 0.15) is 18.1 Å². The SMILES string of the molecule is C[C@@H]1CNCC[C@H]1OC(=O)Nc1ccnc(N2CC[C@@H](F)[C@@H](N(C)C(=O)Nc3nccs3)C2)n1. The summed E-state index contributed by atoms with van der Waals surface area (Å²) in [5.74, 6) is 0.869. The van der Waals surface area contributed by atoms with Crippen molar-refractivity contribution in [2.45, 2.75) is 38.1 Å². The quantitative estimate of drug-likeness (QED) is 0.582. The molecule has 11 nitrogen and oxygen atoms in total. The molecule has 3 amide bonds. The van der Waals surface area contributed by atoms with Crippen LogP contribution in [0.3, 0.4) is 0 Å². The van der Waals surface area contributed by atoms with Crippen molar-refractivity contribution in [2.24, 2.45) is 5.92 Å². The lowest BCUT2D eigenvalue weighted by Crippen LogP contribution is -2.55. The number of amides is 3. The van der Waals surface area contributed by atoms with Crippen LogP contribution < -0.4 is 20.9 Å². The summed E-state index contributed by atoms with van der Waals surface area (Å²) < 4.78 is 20.3. The maximum Gasteiger partial charge on any atom is 0.413 e. The molecule has 2 aromatic heterocycles. The zero-order chi connectivity index (χ0) is 24.1. The van der Waals surface area contributed by atoms with Crippen molar-refractivity contribution < 1.29 is 18.7 Å². The van der Waals surface area contributed by atoms with Gasteiger partial charge in [-0.25, -0.2) is 23.9 Å². The lowest BCUT2D eigenvalue weighted by Gasteiger charge is -2.39. The summed E-state index contributed by atoms with van der Waals surface area (Å²) in [7, 11) is 1.56. The second-order valence-electron chi connectivity index (χ2n) is 8.48. The number of urea groups is 1. The number of aromatic nitrogens is 3. The average Bonchev–Trinajstić information content (AvgIpc) is 3.33. The number of alkyl halides is 1. The fraction of sp³-hybridized carbons (Fsp3) is 0.571. The van der Waals surface area contributed by atoms with Crippen LogP contribution in [0.1, 0.15) is 19.8 Å². The van der Waals surface area contributed by atoms with Crippen molar-refractivity contribution >= 4 is 40.4 Å². The maximum absolute atomic E-state index is 14.8. The molecule has 0 unspecified atom stereocenters. The molecule has 4 rings (SSSR count). The molecule has 4 heterocycles. The van der Waals surface area contributed by atoms with Crippen LogP contribution in [0.4, 0.5) is 30.9 Å². The Kier molecular flexibility index (Phi) is 7.73. The monoisotopic (exact) mass is 492 g/mol. The van der Waals surface area contributed by atoms with Crippen molar-refractivity contribution in [3.8, 4) is 0 Å². The van der Waals surface area contributed by atoms with Gasteiger partial charge in [-0.05, 0) is 25.5 Å². The van der Waals surface area contributed by atoms with Crippen molar-refractivity contribution in [3.63, 3.8) is 0 Å². The highest BCUT2D eigenvalue weighted by molar-refractivity contribution is 7.13. The molecule has 0 saturated carbocycles. The minimum absolute atomic E-state index is 0.155. The van der Waals surface area contributed by atoms with Crippen LogP contribution in [0, 0.1) is 5.92 Å². The molecule has 2 aliphatic heterocycles. The summed E-state index contributed by atoms with van der Waals surface area (Å²) >= 11 is 1.29. The van der Waals surface area contributed by atoms with Crippen molar-refractivity contribution in [2.75, 3.05) is 48.8 Å². The minimum atomic E-state index is -1.19. The van der Waals surface area contributed by atoms with E-state index in [2.05, 4.69) is 30.9 Å². The van der Waals surface area contributed by atoms with E-state index in [0.29, 0.717) is 23.4 Å². The first-order valence-electron chi connectivity index (χ1n) is 11.2. The number of nitrogens with one attached hydrogen (secondary N) is 3. The third-order valence-corrected chi connectivity index (χ3v) is 6.77. The first kappa shape index (κ1) is 24.1. The Morgan fingerprint density at radius 3 is 2.91 bits per heavy atom. The van der Waals surface area contributed by atoms with Crippen LogP contribution in [-0.4, -0.2) is 83.5 Å². The van der Waals surface area contributed by atoms with Gasteiger partial charge in [-0.3, -0.25) is 10.6 Å². The Morgan fingerprint density at radius 2 is 2.15 bits per heavy atom. The van der Waals surface area contributed by atoms with Crippen LogP contribution in [0.5, 0.6) is 0 Å². The Bertz CT molecular complexity index is 981. The lowest BCUT2D eigenvalue weighted by atomic mass is 9.98. The van der Waals surface area contributed by atoms with E-state index in [0.717, 1.165) is 19.5 Å². The van der Waals surface area contributed by atoms with Crippen LogP contribution in [0.2, 0.25) is 0 Å². The topological polar surface area (TPSA) is 125 Å². The number of hydrogen-bond acceptors (Lipinski definition) is 9. The molecule has 0 spiro atoms. The van der Waals surface area contributed by atoms with E-state index in [1.807, 2.05) is 6.92 Å². The summed E-state index contributed by atoms with van der Waals surface area (Å²) in [5.41, 5.74) is 0. The van der Waals surface area contributed by atoms with E-state index in [4.69, 9.17) is 4.74 Å². The molecular formula is C21H29FN8O3S. The highest BCUT2D eigenvalue weighted by Gasteiger charge is 2.35. The number of likely N-dealkylation sites (N-methyl/N-ethyl adjacent to an activating group) is 1. The van der Waals surface area contributed by atoms with Crippen molar-refractivity contribution in [1.82, 2.24) is 25.2 Å². The number of carbonyl (C=O) groups excluding carboxylic acids is 2. The highest BCUT2D eigenvalue weighted by Crippen LogP contribution is 2.24. The summed E-state index contributed by atoms with van der Waals surface area (Å²) in [5, 5.41) is 10.8. The zero-order valence-electron chi connectivity index (χ0n) is 19.1. The molecule has 0 bridgehead atoms. The third kappa shape index (κ3) is 5.89. The summed E-state index contributed by atoms with van der Waals surface area (Å²) in [4.78, 5) is 40.8. The molecule has 13 heteroatoms. The standard InChI is InChI=1S/C21H29FN8O3S/c1-13-11-23-6-3-16(13)33-21(32)27-17-4-7-24-18(26-17)30-9-5-14(22)15(12-30)29(2)20(31)28-19-25-8-10-34-19/h4,7-8,10,13-16,23H,3,5-6,9,11-12H2,1-2H3,(H,25,28,31)(H,24,26,27,32)/t13-,14-,15+,16-/m1/s1. The predicted molar refractivity (Wildman–Crippen MR) is 127 cm³/mol. The fourth-order valence-electron chi connectivity index (χ4n) is 4.07. The van der Waals surface area contributed by atoms with Gasteiger partial charge in [-0.15, -0.1) is 11.3 Å². The largest absolute Gasteiger partial charge is 0.446 e. The number of hydrogen-bond donors (Lipinski definition) is 3. The maximum atomic E-state index is 14.8. The summed E-state index contributed by atoms with van der Waals surface area (Å²) in [6.45, 7) is 4.25. The Labute approximate surface area is 201 Å². The number of piperidine rings is 2. The second kappa shape index (κ2) is 10.9. The molecule has 3 N–H and O–H groups in total. The molecule has 0 radical (unpaired) electrons. The number of halogens is 1. The average molecular weight is 493 g/mol. The third-order valence-electron chi connectivity index (χ3n) is 6.08.